The van der Waals surface area contributed by atoms with E-state index in [1.54, 1.807) is 0 Å². The molecule has 0 aliphatic rings. The van der Waals surface area contributed by atoms with Crippen LogP contribution >= 0.6 is 0 Å². The Balaban J connectivity index is -0.0000000133. The molecule has 0 spiro atoms. The SMILES string of the molecule is [Dy+3].[Eu+3].[Mg+2].[O-][Si]([O-])([O-])[O-].[Sr+2]. The monoisotopic (exact) mass is 521 g/mol. The molecule has 0 rings (SSSR count). The van der Waals surface area contributed by atoms with Crippen LogP contribution in [-0.4, -0.2) is 77.6 Å². The van der Waals surface area contributed by atoms with Gasteiger partial charge in [-0.1, -0.05) is 0 Å². The van der Waals surface area contributed by atoms with Gasteiger partial charge < -0.3 is 28.2 Å². The van der Waals surface area contributed by atoms with Gasteiger partial charge in [-0.3, -0.25) is 0 Å². The maximum atomic E-state index is 8.58. The molecule has 0 aromatic rings. The summed E-state index contributed by atoms with van der Waals surface area (Å²) in [4.78, 5) is 34.3. The minimum absolute atomic E-state index is 0. The molecule has 0 aromatic heterocycles. The maximum absolute atomic E-state index is 8.58. The fourth-order valence-electron chi connectivity index (χ4n) is 0. The zero-order valence-electron chi connectivity index (χ0n) is 4.24. The average Bonchev–Trinajstić information content (AvgIpc) is 0.722. The van der Waals surface area contributed by atoms with Crippen molar-refractivity contribution in [2.24, 2.45) is 0 Å². The van der Waals surface area contributed by atoms with E-state index >= 15 is 0 Å². The second kappa shape index (κ2) is 15.6. The van der Waals surface area contributed by atoms with Gasteiger partial charge in [0.25, 0.3) is 0 Å². The zero-order valence-corrected chi connectivity index (χ0v) is 14.6. The zero-order chi connectivity index (χ0) is 4.50. The van der Waals surface area contributed by atoms with Gasteiger partial charge in [0, 0.05) is 0 Å². The van der Waals surface area contributed by atoms with Gasteiger partial charge in [-0.15, -0.1) is 0 Å². The van der Waals surface area contributed by atoms with Crippen molar-refractivity contribution in [1.82, 2.24) is 0 Å². The molecule has 0 saturated carbocycles. The Morgan fingerprint density at radius 1 is 0.889 bits per heavy atom. The molecule has 0 bridgehead atoms. The van der Waals surface area contributed by atoms with Crippen molar-refractivity contribution in [2.75, 3.05) is 0 Å². The average molecular weight is 518 g/mol. The van der Waals surface area contributed by atoms with E-state index in [2.05, 4.69) is 0 Å². The Labute approximate surface area is 179 Å². The number of hydrogen-bond donors (Lipinski definition) is 0. The van der Waals surface area contributed by atoms with Crippen molar-refractivity contribution >= 4 is 77.6 Å². The molecule has 43 valence electrons. The summed E-state index contributed by atoms with van der Waals surface area (Å²) in [6, 6.07) is 0. The van der Waals surface area contributed by atoms with Gasteiger partial charge in [0.2, 0.25) is 0 Å². The third kappa shape index (κ3) is 61.6. The van der Waals surface area contributed by atoms with E-state index in [-0.39, 0.29) is 156 Å². The molecular formula is DyEuMgO4SiSr+6. The van der Waals surface area contributed by atoms with Crippen LogP contribution in [0.5, 0.6) is 0 Å². The second-order valence-electron chi connectivity index (χ2n) is 0.500. The Morgan fingerprint density at radius 3 is 0.889 bits per heavy atom. The van der Waals surface area contributed by atoms with Gasteiger partial charge in [-0.05, 0) is 0 Å². The molecule has 0 unspecified atom stereocenters. The van der Waals surface area contributed by atoms with Crippen molar-refractivity contribution in [2.45, 2.75) is 0 Å². The van der Waals surface area contributed by atoms with Crippen molar-refractivity contribution in [3.8, 4) is 0 Å². The van der Waals surface area contributed by atoms with E-state index in [9.17, 15) is 0 Å². The van der Waals surface area contributed by atoms with E-state index in [4.69, 9.17) is 19.2 Å². The van der Waals surface area contributed by atoms with Crippen LogP contribution < -0.4 is 19.2 Å². The Hall–Kier alpha value is 5.16. The molecule has 0 fully saturated rings. The molecular weight excluding hydrogens is 518 g/mol. The quantitative estimate of drug-likeness (QED) is 0.299. The molecule has 0 aromatic carbocycles. The molecule has 0 aliphatic carbocycles. The van der Waals surface area contributed by atoms with Gasteiger partial charge in [0.1, 0.15) is 0 Å². The largest absolute Gasteiger partial charge is 3.00 e. The summed E-state index contributed by atoms with van der Waals surface area (Å²) in [6.07, 6.45) is 0. The molecule has 0 atom stereocenters. The number of rotatable bonds is 0. The first kappa shape index (κ1) is 29.2. The summed E-state index contributed by atoms with van der Waals surface area (Å²) in [7, 11) is -5.61. The van der Waals surface area contributed by atoms with Crippen LogP contribution in [0.1, 0.15) is 0 Å². The minimum atomic E-state index is -5.61. The van der Waals surface area contributed by atoms with Crippen LogP contribution in [0.4, 0.5) is 0 Å². The normalized spacial score (nSPS) is 6.67. The van der Waals surface area contributed by atoms with Gasteiger partial charge in [-0.2, -0.15) is 0 Å². The van der Waals surface area contributed by atoms with Crippen LogP contribution in [0, 0.1) is 87.6 Å². The Bertz CT molecular complexity index is 36.0. The standard InChI is InChI=1S/Dy.Eu.Mg.O4Si.Sr/c;;;1-5(2,3)4;/q2*+3;+2;-4;+2. The van der Waals surface area contributed by atoms with Crippen molar-refractivity contribution in [1.29, 1.82) is 0 Å². The summed E-state index contributed by atoms with van der Waals surface area (Å²) in [5.74, 6) is 0. The molecule has 0 aliphatic heterocycles. The molecule has 0 N–H and O–H groups in total. The van der Waals surface area contributed by atoms with Gasteiger partial charge in [0.15, 0.2) is 0 Å². The summed E-state index contributed by atoms with van der Waals surface area (Å²) in [6.45, 7) is 0. The Morgan fingerprint density at radius 2 is 0.889 bits per heavy atom. The van der Waals surface area contributed by atoms with E-state index in [0.29, 0.717) is 0 Å². The molecule has 4 nitrogen and oxygen atoms in total. The minimum Gasteiger partial charge on any atom is -0.894 e. The summed E-state index contributed by atoms with van der Waals surface area (Å²) in [5, 5.41) is 0. The molecule has 0 amide bonds. The van der Waals surface area contributed by atoms with Gasteiger partial charge >= 0.3 is 156 Å². The summed E-state index contributed by atoms with van der Waals surface area (Å²) in [5.41, 5.74) is 0. The van der Waals surface area contributed by atoms with Gasteiger partial charge in [0.05, 0.1) is 0 Å². The molecule has 0 saturated heterocycles. The van der Waals surface area contributed by atoms with Crippen LogP contribution in [0.2, 0.25) is 0 Å². The third-order valence-corrected chi connectivity index (χ3v) is 0. The van der Waals surface area contributed by atoms with Crippen LogP contribution in [0.15, 0.2) is 0 Å². The molecule has 1 radical (unpaired) electrons. The van der Waals surface area contributed by atoms with Crippen LogP contribution in [0.3, 0.4) is 0 Å². The molecule has 0 heterocycles. The summed E-state index contributed by atoms with van der Waals surface area (Å²) >= 11 is 0. The Kier molecular flexibility index (Phi) is 50.7. The van der Waals surface area contributed by atoms with E-state index in [0.717, 1.165) is 0 Å². The fraction of sp³-hybridized carbons (Fsp3) is 0. The van der Waals surface area contributed by atoms with Gasteiger partial charge in [-0.25, -0.2) is 0 Å². The number of hydrogen-bond acceptors (Lipinski definition) is 4. The van der Waals surface area contributed by atoms with Crippen molar-refractivity contribution in [3.05, 3.63) is 0 Å². The topological polar surface area (TPSA) is 92.2 Å². The predicted molar refractivity (Wildman–Crippen MR) is 17.3 cm³/mol. The van der Waals surface area contributed by atoms with Crippen molar-refractivity contribution in [3.63, 3.8) is 0 Å². The maximum Gasteiger partial charge on any atom is 3.00 e. The summed E-state index contributed by atoms with van der Waals surface area (Å²) < 4.78 is 0. The first-order chi connectivity index (χ1) is 2.00. The fourth-order valence-corrected chi connectivity index (χ4v) is 0. The van der Waals surface area contributed by atoms with Crippen LogP contribution in [-0.2, 0) is 0 Å². The van der Waals surface area contributed by atoms with E-state index < -0.39 is 9.05 Å². The predicted octanol–water partition coefficient (Wildman–Crippen LogP) is -5.90. The first-order valence-electron chi connectivity index (χ1n) is 0.816. The van der Waals surface area contributed by atoms with E-state index in [1.807, 2.05) is 0 Å². The molecule has 9 heteroatoms. The smallest absolute Gasteiger partial charge is 0.894 e. The van der Waals surface area contributed by atoms with E-state index in [1.165, 1.54) is 0 Å². The first-order valence-corrected chi connectivity index (χ1v) is 2.45. The second-order valence-corrected chi connectivity index (χ2v) is 1.50. The third-order valence-electron chi connectivity index (χ3n) is 0. The van der Waals surface area contributed by atoms with Crippen molar-refractivity contribution < 1.29 is 107 Å². The van der Waals surface area contributed by atoms with Crippen LogP contribution in [0.25, 0.3) is 0 Å². The molecule has 9 heavy (non-hydrogen) atoms.